The van der Waals surface area contributed by atoms with Crippen LogP contribution in [0.3, 0.4) is 0 Å². The van der Waals surface area contributed by atoms with Crippen molar-refractivity contribution in [2.75, 3.05) is 6.54 Å². The van der Waals surface area contributed by atoms with E-state index in [1.54, 1.807) is 6.92 Å². The van der Waals surface area contributed by atoms with Gasteiger partial charge in [0.1, 0.15) is 0 Å². The van der Waals surface area contributed by atoms with Crippen molar-refractivity contribution in [1.82, 2.24) is 10.2 Å². The zero-order chi connectivity index (χ0) is 15.0. The Morgan fingerprint density at radius 2 is 2.05 bits per heavy atom. The number of carbonyl (C=O) groups excluding carboxylic acids is 2. The topological polar surface area (TPSA) is 75.4 Å². The van der Waals surface area contributed by atoms with Crippen LogP contribution < -0.4 is 11.1 Å². The summed E-state index contributed by atoms with van der Waals surface area (Å²) in [4.78, 5) is 26.9. The van der Waals surface area contributed by atoms with Gasteiger partial charge in [-0.3, -0.25) is 9.69 Å². The molecule has 3 amide bonds. The van der Waals surface area contributed by atoms with E-state index >= 15 is 0 Å². The first-order chi connectivity index (χ1) is 9.36. The van der Waals surface area contributed by atoms with E-state index < -0.39 is 11.1 Å². The Labute approximate surface area is 123 Å². The van der Waals surface area contributed by atoms with Crippen LogP contribution in [0.1, 0.15) is 38.5 Å². The maximum atomic E-state index is 12.6. The van der Waals surface area contributed by atoms with Crippen LogP contribution >= 0.6 is 11.3 Å². The standard InChI is InChI=1S/C14H21N3O2S/c1-4-14(15,5-2)9-17-11(18)13(3,16-12(17)19)10-7-6-8-20-10/h6-8H,4-5,9,15H2,1-3H3,(H,16,19). The molecule has 2 heterocycles. The molecular formula is C14H21N3O2S. The van der Waals surface area contributed by atoms with E-state index in [0.717, 1.165) is 17.7 Å². The fourth-order valence-electron chi connectivity index (χ4n) is 2.36. The Morgan fingerprint density at radius 1 is 1.40 bits per heavy atom. The summed E-state index contributed by atoms with van der Waals surface area (Å²) < 4.78 is 0. The average molecular weight is 295 g/mol. The van der Waals surface area contributed by atoms with Gasteiger partial charge in [-0.25, -0.2) is 4.79 Å². The molecule has 1 aromatic rings. The Hall–Kier alpha value is -1.40. The molecule has 3 N–H and O–H groups in total. The number of nitrogens with one attached hydrogen (secondary N) is 1. The minimum absolute atomic E-state index is 0.221. The molecule has 2 rings (SSSR count). The van der Waals surface area contributed by atoms with Crippen molar-refractivity contribution in [2.24, 2.45) is 5.73 Å². The van der Waals surface area contributed by atoms with Crippen LogP contribution in [0.4, 0.5) is 4.79 Å². The van der Waals surface area contributed by atoms with Crippen molar-refractivity contribution >= 4 is 23.3 Å². The molecule has 6 heteroatoms. The molecule has 0 aromatic carbocycles. The summed E-state index contributed by atoms with van der Waals surface area (Å²) in [6.07, 6.45) is 1.44. The maximum Gasteiger partial charge on any atom is 0.325 e. The third-order valence-electron chi connectivity index (χ3n) is 4.17. The second-order valence-electron chi connectivity index (χ2n) is 5.49. The van der Waals surface area contributed by atoms with Gasteiger partial charge in [0, 0.05) is 17.0 Å². The SMILES string of the molecule is CCC(N)(CC)CN1C(=O)NC(C)(c2cccs2)C1=O. The highest BCUT2D eigenvalue weighted by atomic mass is 32.1. The lowest BCUT2D eigenvalue weighted by atomic mass is 9.93. The molecule has 20 heavy (non-hydrogen) atoms. The van der Waals surface area contributed by atoms with E-state index in [1.807, 2.05) is 31.4 Å². The molecule has 110 valence electrons. The van der Waals surface area contributed by atoms with Crippen molar-refractivity contribution in [3.8, 4) is 0 Å². The van der Waals surface area contributed by atoms with Gasteiger partial charge in [-0.05, 0) is 31.2 Å². The summed E-state index contributed by atoms with van der Waals surface area (Å²) in [6, 6.07) is 3.38. The third kappa shape index (κ3) is 2.33. The monoisotopic (exact) mass is 295 g/mol. The highest BCUT2D eigenvalue weighted by Crippen LogP contribution is 2.32. The number of thiophene rings is 1. The van der Waals surface area contributed by atoms with E-state index in [1.165, 1.54) is 16.2 Å². The Kier molecular flexibility index (Phi) is 3.88. The molecule has 1 aromatic heterocycles. The van der Waals surface area contributed by atoms with Gasteiger partial charge in [-0.15, -0.1) is 11.3 Å². The highest BCUT2D eigenvalue weighted by molar-refractivity contribution is 7.10. The smallest absolute Gasteiger partial charge is 0.324 e. The molecule has 1 fully saturated rings. The molecule has 1 aliphatic heterocycles. The van der Waals surface area contributed by atoms with Gasteiger partial charge < -0.3 is 11.1 Å². The van der Waals surface area contributed by atoms with Crippen molar-refractivity contribution < 1.29 is 9.59 Å². The number of hydrogen-bond acceptors (Lipinski definition) is 4. The molecule has 1 atom stereocenters. The van der Waals surface area contributed by atoms with E-state index in [4.69, 9.17) is 5.73 Å². The summed E-state index contributed by atoms with van der Waals surface area (Å²) in [6.45, 7) is 5.95. The van der Waals surface area contributed by atoms with E-state index in [0.29, 0.717) is 0 Å². The maximum absolute atomic E-state index is 12.6. The second kappa shape index (κ2) is 5.18. The molecule has 0 bridgehead atoms. The van der Waals surface area contributed by atoms with E-state index in [-0.39, 0.29) is 18.5 Å². The van der Waals surface area contributed by atoms with Crippen molar-refractivity contribution in [3.63, 3.8) is 0 Å². The van der Waals surface area contributed by atoms with Gasteiger partial charge in [0.15, 0.2) is 5.54 Å². The normalized spacial score (nSPS) is 23.3. The molecule has 5 nitrogen and oxygen atoms in total. The first kappa shape index (κ1) is 15.0. The predicted molar refractivity (Wildman–Crippen MR) is 79.4 cm³/mol. The largest absolute Gasteiger partial charge is 0.325 e. The predicted octanol–water partition coefficient (Wildman–Crippen LogP) is 2.03. The van der Waals surface area contributed by atoms with Crippen molar-refractivity contribution in [1.29, 1.82) is 0 Å². The Balaban J connectivity index is 2.26. The number of imide groups is 1. The van der Waals surface area contributed by atoms with Crippen molar-refractivity contribution in [2.45, 2.75) is 44.7 Å². The number of amides is 3. The number of carbonyl (C=O) groups is 2. The number of nitrogens with zero attached hydrogens (tertiary/aromatic N) is 1. The van der Waals surface area contributed by atoms with Gasteiger partial charge in [0.25, 0.3) is 5.91 Å². The summed E-state index contributed by atoms with van der Waals surface area (Å²) in [7, 11) is 0. The molecular weight excluding hydrogens is 274 g/mol. The van der Waals surface area contributed by atoms with E-state index in [9.17, 15) is 9.59 Å². The molecule has 0 saturated carbocycles. The molecule has 0 radical (unpaired) electrons. The number of urea groups is 1. The Bertz CT molecular complexity index is 510. The zero-order valence-electron chi connectivity index (χ0n) is 12.1. The first-order valence-electron chi connectivity index (χ1n) is 6.83. The molecule has 1 aliphatic rings. The van der Waals surface area contributed by atoms with Crippen LogP contribution in [0, 0.1) is 0 Å². The number of hydrogen-bond donors (Lipinski definition) is 2. The average Bonchev–Trinajstić information content (AvgIpc) is 3.03. The minimum Gasteiger partial charge on any atom is -0.324 e. The van der Waals surface area contributed by atoms with Crippen LogP contribution in [0.2, 0.25) is 0 Å². The first-order valence-corrected chi connectivity index (χ1v) is 7.71. The van der Waals surface area contributed by atoms with Crippen LogP contribution in [-0.4, -0.2) is 28.9 Å². The molecule has 0 aliphatic carbocycles. The van der Waals surface area contributed by atoms with Crippen molar-refractivity contribution in [3.05, 3.63) is 22.4 Å². The fourth-order valence-corrected chi connectivity index (χ4v) is 3.19. The van der Waals surface area contributed by atoms with Crippen LogP contribution in [0.5, 0.6) is 0 Å². The lowest BCUT2D eigenvalue weighted by Gasteiger charge is -2.30. The zero-order valence-corrected chi connectivity index (χ0v) is 12.9. The summed E-state index contributed by atoms with van der Waals surface area (Å²) in [5.41, 5.74) is 4.75. The van der Waals surface area contributed by atoms with Gasteiger partial charge in [-0.2, -0.15) is 0 Å². The lowest BCUT2D eigenvalue weighted by molar-refractivity contribution is -0.131. The fraction of sp³-hybridized carbons (Fsp3) is 0.571. The second-order valence-corrected chi connectivity index (χ2v) is 6.44. The minimum atomic E-state index is -0.965. The van der Waals surface area contributed by atoms with E-state index in [2.05, 4.69) is 5.32 Å². The Morgan fingerprint density at radius 3 is 2.55 bits per heavy atom. The molecule has 1 saturated heterocycles. The van der Waals surface area contributed by atoms with Crippen LogP contribution in [0.15, 0.2) is 17.5 Å². The van der Waals surface area contributed by atoms with Gasteiger partial charge in [-0.1, -0.05) is 19.9 Å². The molecule has 0 spiro atoms. The lowest BCUT2D eigenvalue weighted by Crippen LogP contribution is -2.51. The summed E-state index contributed by atoms with van der Waals surface area (Å²) >= 11 is 1.46. The number of nitrogens with two attached hydrogens (primary N) is 1. The molecule has 1 unspecified atom stereocenters. The quantitative estimate of drug-likeness (QED) is 0.816. The van der Waals surface area contributed by atoms with Crippen LogP contribution in [-0.2, 0) is 10.3 Å². The third-order valence-corrected chi connectivity index (χ3v) is 5.26. The number of rotatable bonds is 5. The van der Waals surface area contributed by atoms with Gasteiger partial charge in [0.05, 0.1) is 0 Å². The van der Waals surface area contributed by atoms with Crippen LogP contribution in [0.25, 0.3) is 0 Å². The summed E-state index contributed by atoms with van der Waals surface area (Å²) in [5.74, 6) is -0.221. The van der Waals surface area contributed by atoms with Gasteiger partial charge in [0.2, 0.25) is 0 Å². The van der Waals surface area contributed by atoms with Gasteiger partial charge >= 0.3 is 6.03 Å². The highest BCUT2D eigenvalue weighted by Gasteiger charge is 2.50. The summed E-state index contributed by atoms with van der Waals surface area (Å²) in [5, 5.41) is 4.69.